The summed E-state index contributed by atoms with van der Waals surface area (Å²) < 4.78 is 5.60. The van der Waals surface area contributed by atoms with Crippen molar-refractivity contribution >= 4 is 23.4 Å². The van der Waals surface area contributed by atoms with E-state index in [-0.39, 0.29) is 0 Å². The lowest BCUT2D eigenvalue weighted by molar-refractivity contribution is 0.289. The van der Waals surface area contributed by atoms with E-state index in [4.69, 9.17) is 16.3 Å². The first-order chi connectivity index (χ1) is 7.13. The van der Waals surface area contributed by atoms with E-state index in [2.05, 4.69) is 13.8 Å². The van der Waals surface area contributed by atoms with Crippen molar-refractivity contribution < 1.29 is 4.74 Å². The fraction of sp³-hybridized carbons (Fsp3) is 0.500. The average molecular weight is 245 g/mol. The second kappa shape index (κ2) is 6.29. The van der Waals surface area contributed by atoms with Gasteiger partial charge in [0.2, 0.25) is 0 Å². The first-order valence-corrected chi connectivity index (χ1v) is 6.70. The van der Waals surface area contributed by atoms with Gasteiger partial charge in [0.25, 0.3) is 0 Å². The van der Waals surface area contributed by atoms with Crippen LogP contribution in [0.4, 0.5) is 0 Å². The summed E-state index contributed by atoms with van der Waals surface area (Å²) in [6.45, 7) is 5.13. The van der Waals surface area contributed by atoms with Gasteiger partial charge in [0, 0.05) is 4.90 Å². The van der Waals surface area contributed by atoms with Crippen LogP contribution in [0.5, 0.6) is 5.75 Å². The molecular weight excluding hydrogens is 228 g/mol. The minimum absolute atomic E-state index is 0.672. The standard InChI is InChI=1S/C12H17ClOS/c1-9(2)6-7-14-10-4-5-12(15-3)11(13)8-10/h4-5,8-9H,6-7H2,1-3H3. The van der Waals surface area contributed by atoms with Crippen LogP contribution in [0.15, 0.2) is 23.1 Å². The van der Waals surface area contributed by atoms with Crippen molar-refractivity contribution in [1.29, 1.82) is 0 Å². The Labute approximate surface area is 101 Å². The number of hydrogen-bond acceptors (Lipinski definition) is 2. The van der Waals surface area contributed by atoms with E-state index < -0.39 is 0 Å². The minimum Gasteiger partial charge on any atom is -0.494 e. The molecule has 3 heteroatoms. The average Bonchev–Trinajstić information content (AvgIpc) is 2.17. The molecule has 0 aromatic heterocycles. The van der Waals surface area contributed by atoms with Crippen molar-refractivity contribution in [2.45, 2.75) is 25.2 Å². The van der Waals surface area contributed by atoms with Gasteiger partial charge < -0.3 is 4.74 Å². The van der Waals surface area contributed by atoms with Crippen molar-refractivity contribution in [3.8, 4) is 5.75 Å². The number of halogens is 1. The van der Waals surface area contributed by atoms with Crippen LogP contribution in [-0.4, -0.2) is 12.9 Å². The smallest absolute Gasteiger partial charge is 0.120 e. The summed E-state index contributed by atoms with van der Waals surface area (Å²) in [6, 6.07) is 5.85. The molecule has 0 fully saturated rings. The highest BCUT2D eigenvalue weighted by Crippen LogP contribution is 2.29. The summed E-state index contributed by atoms with van der Waals surface area (Å²) in [5, 5.41) is 0.768. The molecule has 84 valence electrons. The Bertz CT molecular complexity index is 312. The van der Waals surface area contributed by atoms with Crippen LogP contribution >= 0.6 is 23.4 Å². The van der Waals surface area contributed by atoms with Crippen LogP contribution in [0.1, 0.15) is 20.3 Å². The molecule has 1 aromatic carbocycles. The first-order valence-electron chi connectivity index (χ1n) is 5.10. The predicted molar refractivity (Wildman–Crippen MR) is 68.2 cm³/mol. The van der Waals surface area contributed by atoms with Crippen LogP contribution in [0, 0.1) is 5.92 Å². The van der Waals surface area contributed by atoms with Gasteiger partial charge in [-0.15, -0.1) is 11.8 Å². The van der Waals surface area contributed by atoms with Crippen molar-refractivity contribution in [2.24, 2.45) is 5.92 Å². The van der Waals surface area contributed by atoms with Crippen LogP contribution in [0.2, 0.25) is 5.02 Å². The highest BCUT2D eigenvalue weighted by molar-refractivity contribution is 7.98. The summed E-state index contributed by atoms with van der Waals surface area (Å²) in [4.78, 5) is 1.09. The van der Waals surface area contributed by atoms with Crippen molar-refractivity contribution in [1.82, 2.24) is 0 Å². The maximum atomic E-state index is 6.07. The number of hydrogen-bond donors (Lipinski definition) is 0. The van der Waals surface area contributed by atoms with Crippen molar-refractivity contribution in [2.75, 3.05) is 12.9 Å². The number of ether oxygens (including phenoxy) is 1. The van der Waals surface area contributed by atoms with E-state index in [1.54, 1.807) is 11.8 Å². The molecule has 0 saturated carbocycles. The van der Waals surface area contributed by atoms with Crippen LogP contribution in [-0.2, 0) is 0 Å². The Morgan fingerprint density at radius 1 is 1.40 bits per heavy atom. The highest BCUT2D eigenvalue weighted by atomic mass is 35.5. The molecule has 0 unspecified atom stereocenters. The Morgan fingerprint density at radius 2 is 2.13 bits per heavy atom. The molecule has 0 radical (unpaired) electrons. The third-order valence-corrected chi connectivity index (χ3v) is 3.31. The maximum Gasteiger partial charge on any atom is 0.120 e. The second-order valence-electron chi connectivity index (χ2n) is 3.83. The number of benzene rings is 1. The van der Waals surface area contributed by atoms with Gasteiger partial charge in [-0.1, -0.05) is 25.4 Å². The zero-order chi connectivity index (χ0) is 11.3. The summed E-state index contributed by atoms with van der Waals surface area (Å²) in [5.74, 6) is 1.53. The van der Waals surface area contributed by atoms with Gasteiger partial charge in [-0.2, -0.15) is 0 Å². The van der Waals surface area contributed by atoms with Gasteiger partial charge in [-0.25, -0.2) is 0 Å². The molecule has 1 nitrogen and oxygen atoms in total. The molecule has 0 saturated heterocycles. The molecule has 0 bridgehead atoms. The Morgan fingerprint density at radius 3 is 2.67 bits per heavy atom. The van der Waals surface area contributed by atoms with E-state index in [1.807, 2.05) is 24.5 Å². The molecule has 15 heavy (non-hydrogen) atoms. The summed E-state index contributed by atoms with van der Waals surface area (Å²) >= 11 is 7.72. The number of thioether (sulfide) groups is 1. The molecule has 0 amide bonds. The molecule has 0 aliphatic rings. The Kier molecular flexibility index (Phi) is 5.34. The van der Waals surface area contributed by atoms with Crippen molar-refractivity contribution in [3.63, 3.8) is 0 Å². The summed E-state index contributed by atoms with van der Waals surface area (Å²) in [7, 11) is 0. The van der Waals surface area contributed by atoms with Crippen molar-refractivity contribution in [3.05, 3.63) is 23.2 Å². The first kappa shape index (κ1) is 12.7. The third kappa shape index (κ3) is 4.35. The van der Waals surface area contributed by atoms with Gasteiger partial charge in [0.1, 0.15) is 5.75 Å². The van der Waals surface area contributed by atoms with Gasteiger partial charge >= 0.3 is 0 Å². The SMILES string of the molecule is CSc1ccc(OCCC(C)C)cc1Cl. The Hall–Kier alpha value is -0.340. The van der Waals surface area contributed by atoms with E-state index in [0.29, 0.717) is 5.92 Å². The van der Waals surface area contributed by atoms with Gasteiger partial charge in [-0.05, 0) is 36.8 Å². The Balaban J connectivity index is 2.52. The molecular formula is C12H17ClOS. The largest absolute Gasteiger partial charge is 0.494 e. The fourth-order valence-corrected chi connectivity index (χ4v) is 2.01. The lowest BCUT2D eigenvalue weighted by atomic mass is 10.1. The van der Waals surface area contributed by atoms with Crippen LogP contribution in [0.25, 0.3) is 0 Å². The van der Waals surface area contributed by atoms with Gasteiger partial charge in [0.15, 0.2) is 0 Å². The quantitative estimate of drug-likeness (QED) is 0.706. The molecule has 0 heterocycles. The molecule has 1 rings (SSSR count). The topological polar surface area (TPSA) is 9.23 Å². The van der Waals surface area contributed by atoms with E-state index in [9.17, 15) is 0 Å². The predicted octanol–water partition coefficient (Wildman–Crippen LogP) is 4.49. The number of rotatable bonds is 5. The lowest BCUT2D eigenvalue weighted by Gasteiger charge is -2.09. The zero-order valence-corrected chi connectivity index (χ0v) is 11.0. The summed E-state index contributed by atoms with van der Waals surface area (Å²) in [5.41, 5.74) is 0. The molecule has 0 aliphatic carbocycles. The minimum atomic E-state index is 0.672. The lowest BCUT2D eigenvalue weighted by Crippen LogP contribution is -2.01. The van der Waals surface area contributed by atoms with Gasteiger partial charge in [-0.3, -0.25) is 0 Å². The normalized spacial score (nSPS) is 10.7. The van der Waals surface area contributed by atoms with E-state index in [1.165, 1.54) is 0 Å². The summed E-state index contributed by atoms with van der Waals surface area (Å²) in [6.07, 6.45) is 3.09. The second-order valence-corrected chi connectivity index (χ2v) is 5.08. The van der Waals surface area contributed by atoms with Crippen LogP contribution < -0.4 is 4.74 Å². The molecule has 1 aromatic rings. The fourth-order valence-electron chi connectivity index (χ4n) is 1.15. The highest BCUT2D eigenvalue weighted by Gasteiger charge is 2.01. The molecule has 0 aliphatic heterocycles. The monoisotopic (exact) mass is 244 g/mol. The van der Waals surface area contributed by atoms with E-state index in [0.717, 1.165) is 28.7 Å². The molecule has 0 N–H and O–H groups in total. The molecule has 0 spiro atoms. The zero-order valence-electron chi connectivity index (χ0n) is 9.42. The van der Waals surface area contributed by atoms with E-state index >= 15 is 0 Å². The third-order valence-electron chi connectivity index (χ3n) is 2.09. The molecule has 0 atom stereocenters. The maximum absolute atomic E-state index is 6.07. The van der Waals surface area contributed by atoms with Gasteiger partial charge in [0.05, 0.1) is 11.6 Å². The van der Waals surface area contributed by atoms with Crippen LogP contribution in [0.3, 0.4) is 0 Å².